The van der Waals surface area contributed by atoms with Crippen LogP contribution >= 0.6 is 0 Å². The Morgan fingerprint density at radius 3 is 2.79 bits per heavy atom. The molecule has 19 heavy (non-hydrogen) atoms. The van der Waals surface area contributed by atoms with E-state index in [4.69, 9.17) is 21.9 Å². The average molecular weight is 266 g/mol. The van der Waals surface area contributed by atoms with Gasteiger partial charge in [0.1, 0.15) is 11.8 Å². The molecule has 0 radical (unpaired) electrons. The third kappa shape index (κ3) is 3.70. The zero-order chi connectivity index (χ0) is 13.8. The Morgan fingerprint density at radius 2 is 2.21 bits per heavy atom. The Morgan fingerprint density at radius 1 is 1.42 bits per heavy atom. The lowest BCUT2D eigenvalue weighted by molar-refractivity contribution is -0.141. The molecule has 6 N–H and O–H groups in total. The number of ether oxygens (including phenoxy) is 1. The maximum atomic E-state index is 11.8. The second-order valence-electron chi connectivity index (χ2n) is 5.32. The first-order chi connectivity index (χ1) is 9.06. The lowest BCUT2D eigenvalue weighted by atomic mass is 10.0. The van der Waals surface area contributed by atoms with Crippen LogP contribution in [0.15, 0.2) is 16.3 Å². The Balaban J connectivity index is 1.72. The van der Waals surface area contributed by atoms with E-state index < -0.39 is 6.04 Å². The summed E-state index contributed by atoms with van der Waals surface area (Å²) in [6, 6.07) is -0.596. The van der Waals surface area contributed by atoms with Crippen molar-refractivity contribution in [1.82, 2.24) is 0 Å². The van der Waals surface area contributed by atoms with Gasteiger partial charge in [0.25, 0.3) is 0 Å². The van der Waals surface area contributed by atoms with Gasteiger partial charge in [0, 0.05) is 13.0 Å². The highest BCUT2D eigenvalue weighted by atomic mass is 16.5. The van der Waals surface area contributed by atoms with E-state index in [0.29, 0.717) is 25.3 Å². The van der Waals surface area contributed by atoms with Gasteiger partial charge in [-0.15, -0.1) is 0 Å². The van der Waals surface area contributed by atoms with Crippen LogP contribution in [-0.4, -0.2) is 24.5 Å². The molecular weight excluding hydrogens is 244 g/mol. The van der Waals surface area contributed by atoms with Gasteiger partial charge in [-0.3, -0.25) is 4.99 Å². The molecule has 1 fully saturated rings. The van der Waals surface area contributed by atoms with Crippen molar-refractivity contribution in [2.75, 3.05) is 6.54 Å². The van der Waals surface area contributed by atoms with Crippen LogP contribution in [0.5, 0.6) is 0 Å². The minimum Gasteiger partial charge on any atom is -0.430 e. The summed E-state index contributed by atoms with van der Waals surface area (Å²) in [5.41, 5.74) is 17.5. The summed E-state index contributed by atoms with van der Waals surface area (Å²) in [5, 5.41) is 0. The number of hydrogen-bond acceptors (Lipinski definition) is 4. The third-order valence-electron chi connectivity index (χ3n) is 3.75. The Bertz CT molecular complexity index is 413. The molecule has 1 unspecified atom stereocenters. The van der Waals surface area contributed by atoms with E-state index in [1.807, 2.05) is 0 Å². The molecule has 0 heterocycles. The van der Waals surface area contributed by atoms with Gasteiger partial charge < -0.3 is 21.9 Å². The quantitative estimate of drug-likeness (QED) is 0.278. The molecule has 6 nitrogen and oxygen atoms in total. The summed E-state index contributed by atoms with van der Waals surface area (Å²) >= 11 is 0. The second-order valence-corrected chi connectivity index (χ2v) is 5.32. The fourth-order valence-electron chi connectivity index (χ4n) is 2.71. The van der Waals surface area contributed by atoms with Crippen molar-refractivity contribution < 1.29 is 9.53 Å². The van der Waals surface area contributed by atoms with Crippen molar-refractivity contribution >= 4 is 11.9 Å². The van der Waals surface area contributed by atoms with E-state index in [2.05, 4.69) is 4.99 Å². The number of esters is 1. The van der Waals surface area contributed by atoms with Gasteiger partial charge in [-0.2, -0.15) is 0 Å². The third-order valence-corrected chi connectivity index (χ3v) is 3.75. The molecule has 0 aromatic heterocycles. The number of nitrogens with zero attached hydrogens (tertiary/aromatic N) is 1. The van der Waals surface area contributed by atoms with Crippen LogP contribution < -0.4 is 17.2 Å². The SMILES string of the molecule is NC(N)=NCCC[C@H](N)C(=O)OC1=C2CCC(C2)C1. The summed E-state index contributed by atoms with van der Waals surface area (Å²) in [4.78, 5) is 15.7. The van der Waals surface area contributed by atoms with Gasteiger partial charge in [-0.05, 0) is 43.6 Å². The number of hydrogen-bond donors (Lipinski definition) is 3. The van der Waals surface area contributed by atoms with Crippen molar-refractivity contribution in [3.8, 4) is 0 Å². The number of allylic oxidation sites excluding steroid dienone is 2. The van der Waals surface area contributed by atoms with Crippen LogP contribution in [0.2, 0.25) is 0 Å². The number of carbonyl (C=O) groups excluding carboxylic acids is 1. The highest BCUT2D eigenvalue weighted by molar-refractivity contribution is 5.77. The predicted octanol–water partition coefficient (Wildman–Crippen LogP) is 0.368. The first-order valence-corrected chi connectivity index (χ1v) is 6.80. The second kappa shape index (κ2) is 6.06. The van der Waals surface area contributed by atoms with E-state index in [9.17, 15) is 4.79 Å². The maximum Gasteiger partial charge on any atom is 0.327 e. The van der Waals surface area contributed by atoms with Gasteiger partial charge >= 0.3 is 5.97 Å². The van der Waals surface area contributed by atoms with E-state index in [1.165, 1.54) is 12.0 Å². The van der Waals surface area contributed by atoms with Crippen molar-refractivity contribution in [1.29, 1.82) is 0 Å². The summed E-state index contributed by atoms with van der Waals surface area (Å²) in [5.74, 6) is 1.29. The van der Waals surface area contributed by atoms with Crippen LogP contribution in [0.4, 0.5) is 0 Å². The van der Waals surface area contributed by atoms with Crippen LogP contribution in [-0.2, 0) is 9.53 Å². The van der Waals surface area contributed by atoms with Gasteiger partial charge in [0.15, 0.2) is 5.96 Å². The monoisotopic (exact) mass is 266 g/mol. The average Bonchev–Trinajstić information content (AvgIpc) is 2.96. The van der Waals surface area contributed by atoms with Gasteiger partial charge in [-0.25, -0.2) is 4.79 Å². The number of guanidine groups is 1. The topological polar surface area (TPSA) is 117 Å². The van der Waals surface area contributed by atoms with Crippen molar-refractivity contribution in [2.45, 2.75) is 44.6 Å². The van der Waals surface area contributed by atoms with Crippen molar-refractivity contribution in [2.24, 2.45) is 28.1 Å². The minimum atomic E-state index is -0.596. The molecule has 0 spiro atoms. The fraction of sp³-hybridized carbons (Fsp3) is 0.692. The molecule has 2 aliphatic rings. The van der Waals surface area contributed by atoms with Crippen molar-refractivity contribution in [3.05, 3.63) is 11.3 Å². The molecule has 0 aromatic carbocycles. The Hall–Kier alpha value is -1.56. The van der Waals surface area contributed by atoms with Gasteiger partial charge in [-0.1, -0.05) is 0 Å². The molecule has 2 atom stereocenters. The fourth-order valence-corrected chi connectivity index (χ4v) is 2.71. The summed E-state index contributed by atoms with van der Waals surface area (Å²) in [6.07, 6.45) is 5.52. The number of fused-ring (bicyclic) bond motifs is 2. The summed E-state index contributed by atoms with van der Waals surface area (Å²) < 4.78 is 5.42. The maximum absolute atomic E-state index is 11.8. The lowest BCUT2D eigenvalue weighted by Gasteiger charge is -2.15. The molecular formula is C13H22N4O2. The zero-order valence-electron chi connectivity index (χ0n) is 11.1. The first-order valence-electron chi connectivity index (χ1n) is 6.80. The molecule has 0 amide bonds. The molecule has 106 valence electrons. The van der Waals surface area contributed by atoms with Crippen LogP contribution in [0.1, 0.15) is 38.5 Å². The van der Waals surface area contributed by atoms with E-state index in [1.54, 1.807) is 0 Å². The number of rotatable bonds is 6. The molecule has 6 heteroatoms. The molecule has 1 saturated carbocycles. The lowest BCUT2D eigenvalue weighted by Crippen LogP contribution is -2.32. The standard InChI is InChI=1S/C13H22N4O2/c14-10(2-1-5-17-13(15)16)12(18)19-11-7-8-3-4-9(11)6-8/h8,10H,1-7,14H2,(H4,15,16,17)/t8?,10-/m0/s1. The zero-order valence-corrected chi connectivity index (χ0v) is 11.1. The number of aliphatic imine (C=N–C) groups is 1. The van der Waals surface area contributed by atoms with Crippen LogP contribution in [0.25, 0.3) is 0 Å². The molecule has 2 aliphatic carbocycles. The van der Waals surface area contributed by atoms with Crippen LogP contribution in [0, 0.1) is 5.92 Å². The summed E-state index contributed by atoms with van der Waals surface area (Å²) in [6.45, 7) is 0.485. The molecule has 0 aromatic rings. The van der Waals surface area contributed by atoms with Crippen molar-refractivity contribution in [3.63, 3.8) is 0 Å². The minimum absolute atomic E-state index is 0.0603. The Labute approximate surface area is 113 Å². The predicted molar refractivity (Wildman–Crippen MR) is 73.0 cm³/mol. The summed E-state index contributed by atoms with van der Waals surface area (Å²) in [7, 11) is 0. The first kappa shape index (κ1) is 13.9. The van der Waals surface area contributed by atoms with E-state index in [-0.39, 0.29) is 11.9 Å². The molecule has 2 rings (SSSR count). The normalized spacial score (nSPS) is 22.5. The largest absolute Gasteiger partial charge is 0.430 e. The molecule has 0 aliphatic heterocycles. The number of carbonyl (C=O) groups is 1. The van der Waals surface area contributed by atoms with E-state index >= 15 is 0 Å². The molecule has 0 saturated heterocycles. The molecule has 2 bridgehead atoms. The highest BCUT2D eigenvalue weighted by Gasteiger charge is 2.33. The number of nitrogens with two attached hydrogens (primary N) is 3. The van der Waals surface area contributed by atoms with Crippen LogP contribution in [0.3, 0.4) is 0 Å². The van der Waals surface area contributed by atoms with Gasteiger partial charge in [0.2, 0.25) is 0 Å². The Kier molecular flexibility index (Phi) is 4.42. The van der Waals surface area contributed by atoms with Gasteiger partial charge in [0.05, 0.1) is 0 Å². The smallest absolute Gasteiger partial charge is 0.327 e. The highest BCUT2D eigenvalue weighted by Crippen LogP contribution is 2.44. The van der Waals surface area contributed by atoms with E-state index in [0.717, 1.165) is 25.0 Å².